The maximum Gasteiger partial charge on any atom is 0.235 e. The number of amides is 1. The van der Waals surface area contributed by atoms with Gasteiger partial charge in [0.05, 0.1) is 10.8 Å². The van der Waals surface area contributed by atoms with Gasteiger partial charge in [-0.05, 0) is 37.2 Å². The van der Waals surface area contributed by atoms with E-state index in [1.165, 1.54) is 29.2 Å². The molecule has 1 amide bonds. The van der Waals surface area contributed by atoms with Gasteiger partial charge in [0.15, 0.2) is 0 Å². The lowest BCUT2D eigenvalue weighted by atomic mass is 10.4. The normalized spacial score (nSPS) is 12.2. The molecular weight excluding hydrogens is 255 g/mol. The first-order valence-corrected chi connectivity index (χ1v) is 6.94. The lowest BCUT2D eigenvalue weighted by Gasteiger charge is -2.16. The lowest BCUT2D eigenvalue weighted by molar-refractivity contribution is -0.127. The van der Waals surface area contributed by atoms with Crippen LogP contribution in [0.25, 0.3) is 0 Å². The molecule has 4 nitrogen and oxygen atoms in total. The Hall–Kier alpha value is -1.27. The lowest BCUT2D eigenvalue weighted by Crippen LogP contribution is -2.32. The first-order chi connectivity index (χ1) is 8.54. The van der Waals surface area contributed by atoms with Crippen LogP contribution in [0.5, 0.6) is 0 Å². The Bertz CT molecular complexity index is 423. The minimum Gasteiger partial charge on any atom is -0.345 e. The largest absolute Gasteiger partial charge is 0.345 e. The summed E-state index contributed by atoms with van der Waals surface area (Å²) in [5.74, 6) is -0.680. The molecule has 0 saturated heterocycles. The number of rotatable bonds is 6. The summed E-state index contributed by atoms with van der Waals surface area (Å²) in [6, 6.07) is 5.32. The van der Waals surface area contributed by atoms with Crippen molar-refractivity contribution in [2.75, 3.05) is 25.9 Å². The second-order valence-corrected chi connectivity index (χ2v) is 5.35. The summed E-state index contributed by atoms with van der Waals surface area (Å²) in [7, 11) is 0.216. The second-order valence-electron chi connectivity index (χ2n) is 3.90. The molecule has 0 bridgehead atoms. The Balaban J connectivity index is 2.54. The first kappa shape index (κ1) is 14.8. The van der Waals surface area contributed by atoms with Gasteiger partial charge in [0.1, 0.15) is 11.6 Å². The fraction of sp³-hybridized carbons (Fsp3) is 0.417. The van der Waals surface area contributed by atoms with Crippen LogP contribution >= 0.6 is 0 Å². The number of nitrogens with zero attached hydrogens (tertiary/aromatic N) is 1. The predicted molar refractivity (Wildman–Crippen MR) is 69.0 cm³/mol. The van der Waals surface area contributed by atoms with Gasteiger partial charge in [-0.3, -0.25) is 9.00 Å². The molecule has 1 aromatic carbocycles. The number of hydrogen-bond acceptors (Lipinski definition) is 3. The van der Waals surface area contributed by atoms with E-state index in [0.717, 1.165) is 0 Å². The maximum absolute atomic E-state index is 12.7. The molecule has 1 rings (SSSR count). The van der Waals surface area contributed by atoms with Gasteiger partial charge in [-0.15, -0.1) is 0 Å². The fourth-order valence-corrected chi connectivity index (χ4v) is 2.40. The minimum atomic E-state index is -1.44. The van der Waals surface area contributed by atoms with Gasteiger partial charge in [-0.2, -0.15) is 0 Å². The quantitative estimate of drug-likeness (QED) is 0.831. The second kappa shape index (κ2) is 7.23. The maximum atomic E-state index is 12.7. The Morgan fingerprint density at radius 2 is 2.00 bits per heavy atom. The van der Waals surface area contributed by atoms with Gasteiger partial charge in [-0.1, -0.05) is 0 Å². The molecule has 0 spiro atoms. The Kier molecular flexibility index (Phi) is 5.94. The molecule has 0 heterocycles. The van der Waals surface area contributed by atoms with E-state index >= 15 is 0 Å². The van der Waals surface area contributed by atoms with Crippen LogP contribution in [0, 0.1) is 5.82 Å². The number of nitrogens with two attached hydrogens (primary N) is 1. The molecule has 0 aliphatic heterocycles. The molecule has 18 heavy (non-hydrogen) atoms. The zero-order valence-corrected chi connectivity index (χ0v) is 11.1. The third-order valence-electron chi connectivity index (χ3n) is 2.45. The van der Waals surface area contributed by atoms with E-state index in [9.17, 15) is 13.4 Å². The predicted octanol–water partition coefficient (Wildman–Crippen LogP) is 0.740. The van der Waals surface area contributed by atoms with E-state index < -0.39 is 10.8 Å². The summed E-state index contributed by atoms with van der Waals surface area (Å²) in [5.41, 5.74) is 5.35. The number of benzene rings is 1. The summed E-state index contributed by atoms with van der Waals surface area (Å²) in [5, 5.41) is 0. The van der Waals surface area contributed by atoms with Crippen molar-refractivity contribution in [3.05, 3.63) is 30.1 Å². The smallest absolute Gasteiger partial charge is 0.235 e. The van der Waals surface area contributed by atoms with Gasteiger partial charge >= 0.3 is 0 Å². The van der Waals surface area contributed by atoms with Crippen molar-refractivity contribution in [3.8, 4) is 0 Å². The zero-order valence-electron chi connectivity index (χ0n) is 10.3. The summed E-state index contributed by atoms with van der Waals surface area (Å²) >= 11 is 0. The molecule has 0 fully saturated rings. The van der Waals surface area contributed by atoms with Gasteiger partial charge in [-0.25, -0.2) is 4.39 Å². The minimum absolute atomic E-state index is 0.0906. The Morgan fingerprint density at radius 1 is 1.39 bits per heavy atom. The van der Waals surface area contributed by atoms with Gasteiger partial charge in [0.25, 0.3) is 0 Å². The highest BCUT2D eigenvalue weighted by Gasteiger charge is 2.13. The van der Waals surface area contributed by atoms with Crippen LogP contribution in [0.2, 0.25) is 0 Å². The van der Waals surface area contributed by atoms with Crippen LogP contribution in [-0.2, 0) is 15.6 Å². The van der Waals surface area contributed by atoms with Gasteiger partial charge < -0.3 is 10.6 Å². The van der Waals surface area contributed by atoms with E-state index in [1.54, 1.807) is 7.05 Å². The topological polar surface area (TPSA) is 63.4 Å². The molecule has 1 atom stereocenters. The molecule has 1 unspecified atom stereocenters. The van der Waals surface area contributed by atoms with Crippen molar-refractivity contribution in [3.63, 3.8) is 0 Å². The van der Waals surface area contributed by atoms with Crippen molar-refractivity contribution in [1.82, 2.24) is 4.90 Å². The third-order valence-corrected chi connectivity index (χ3v) is 3.76. The molecule has 2 N–H and O–H groups in total. The van der Waals surface area contributed by atoms with E-state index in [2.05, 4.69) is 0 Å². The first-order valence-electron chi connectivity index (χ1n) is 5.62. The molecule has 0 aromatic heterocycles. The van der Waals surface area contributed by atoms with Crippen molar-refractivity contribution in [2.45, 2.75) is 11.3 Å². The van der Waals surface area contributed by atoms with Crippen molar-refractivity contribution in [2.24, 2.45) is 5.73 Å². The average molecular weight is 272 g/mol. The van der Waals surface area contributed by atoms with Gasteiger partial charge in [0, 0.05) is 18.5 Å². The van der Waals surface area contributed by atoms with Crippen LogP contribution < -0.4 is 5.73 Å². The highest BCUT2D eigenvalue weighted by molar-refractivity contribution is 7.85. The van der Waals surface area contributed by atoms with E-state index in [4.69, 9.17) is 5.73 Å². The monoisotopic (exact) mass is 272 g/mol. The van der Waals surface area contributed by atoms with E-state index in [0.29, 0.717) is 24.4 Å². The van der Waals surface area contributed by atoms with Crippen LogP contribution in [0.1, 0.15) is 6.42 Å². The summed E-state index contributed by atoms with van der Waals surface area (Å²) < 4.78 is 24.6. The SMILES string of the molecule is CN(CCCN)C(=O)CS(=O)c1ccc(F)cc1. The summed E-state index contributed by atoms with van der Waals surface area (Å²) in [6.07, 6.45) is 0.714. The molecule has 1 aromatic rings. The number of hydrogen-bond donors (Lipinski definition) is 1. The number of carbonyl (C=O) groups is 1. The zero-order chi connectivity index (χ0) is 13.5. The molecule has 6 heteroatoms. The molecule has 100 valence electrons. The van der Waals surface area contributed by atoms with Crippen molar-refractivity contribution in [1.29, 1.82) is 0 Å². The van der Waals surface area contributed by atoms with Crippen molar-refractivity contribution < 1.29 is 13.4 Å². The van der Waals surface area contributed by atoms with Crippen LogP contribution in [0.3, 0.4) is 0 Å². The molecule has 0 aliphatic carbocycles. The molecule has 0 aliphatic rings. The highest BCUT2D eigenvalue weighted by atomic mass is 32.2. The summed E-state index contributed by atoms with van der Waals surface area (Å²) in [6.45, 7) is 1.06. The van der Waals surface area contributed by atoms with Gasteiger partial charge in [0.2, 0.25) is 5.91 Å². The van der Waals surface area contributed by atoms with Crippen molar-refractivity contribution >= 4 is 16.7 Å². The molecular formula is C12H17FN2O2S. The van der Waals surface area contributed by atoms with E-state index in [-0.39, 0.29) is 17.5 Å². The van der Waals surface area contributed by atoms with Crippen LogP contribution in [0.15, 0.2) is 29.2 Å². The molecule has 0 radical (unpaired) electrons. The standard InChI is InChI=1S/C12H17FN2O2S/c1-15(8-2-7-14)12(16)9-18(17)11-5-3-10(13)4-6-11/h3-6H,2,7-9,14H2,1H3. The average Bonchev–Trinajstić information content (AvgIpc) is 2.36. The summed E-state index contributed by atoms with van der Waals surface area (Å²) in [4.78, 5) is 13.7. The number of carbonyl (C=O) groups excluding carboxylic acids is 1. The third kappa shape index (κ3) is 4.54. The van der Waals surface area contributed by atoms with Crippen LogP contribution in [-0.4, -0.2) is 40.9 Å². The molecule has 0 saturated carbocycles. The number of halogens is 1. The van der Waals surface area contributed by atoms with Crippen LogP contribution in [0.4, 0.5) is 4.39 Å². The fourth-order valence-electron chi connectivity index (χ4n) is 1.35. The van der Waals surface area contributed by atoms with E-state index in [1.807, 2.05) is 0 Å². The highest BCUT2D eigenvalue weighted by Crippen LogP contribution is 2.08. The Morgan fingerprint density at radius 3 is 2.56 bits per heavy atom. The Labute approximate surface area is 108 Å².